The van der Waals surface area contributed by atoms with E-state index in [1.54, 1.807) is 0 Å². The zero-order valence-electron chi connectivity index (χ0n) is 33.4. The molecule has 0 aliphatic heterocycles. The van der Waals surface area contributed by atoms with Crippen LogP contribution in [-0.2, 0) is 40.8 Å². The fourth-order valence-corrected chi connectivity index (χ4v) is 9.58. The van der Waals surface area contributed by atoms with Crippen LogP contribution in [0.4, 0.5) is 40.9 Å². The number of fused-ring (bicyclic) bond motifs is 5. The third kappa shape index (κ3) is 7.89. The number of amides is 1. The third-order valence-electron chi connectivity index (χ3n) is 11.6. The van der Waals surface area contributed by atoms with Crippen molar-refractivity contribution >= 4 is 55.3 Å². The number of pyridine rings is 1. The molecular formula is C40H34ClF8N9O5S. The molecule has 0 bridgehead atoms. The van der Waals surface area contributed by atoms with E-state index in [0.717, 1.165) is 23.0 Å². The van der Waals surface area contributed by atoms with Gasteiger partial charge in [0.05, 0.1) is 45.9 Å². The lowest BCUT2D eigenvalue weighted by Gasteiger charge is -2.34. The van der Waals surface area contributed by atoms with Crippen LogP contribution in [0.5, 0.6) is 5.88 Å². The Morgan fingerprint density at radius 3 is 2.42 bits per heavy atom. The Hall–Kier alpha value is -5.84. The van der Waals surface area contributed by atoms with E-state index < -0.39 is 93.6 Å². The molecule has 2 saturated carbocycles. The van der Waals surface area contributed by atoms with Crippen LogP contribution in [0, 0.1) is 23.5 Å². The summed E-state index contributed by atoms with van der Waals surface area (Å²) in [4.78, 5) is 38.0. The quantitative estimate of drug-likeness (QED) is 0.107. The number of sulfonamides is 1. The fourth-order valence-electron chi connectivity index (χ4n) is 8.84. The summed E-state index contributed by atoms with van der Waals surface area (Å²) in [7, 11) is -2.53. The minimum atomic E-state index is -3.95. The van der Waals surface area contributed by atoms with Crippen molar-refractivity contribution in [3.05, 3.63) is 97.8 Å². The van der Waals surface area contributed by atoms with E-state index in [4.69, 9.17) is 16.3 Å². The van der Waals surface area contributed by atoms with Gasteiger partial charge in [0.2, 0.25) is 27.7 Å². The maximum absolute atomic E-state index is 15.5. The van der Waals surface area contributed by atoms with E-state index in [1.165, 1.54) is 36.0 Å². The molecule has 3 aliphatic carbocycles. The standard InChI is InChI=1S/C40H34ClF8N9O5S/c1-56-32-26(5-4-24(41)30(32)36(54-56)55-64(2,61)62)58-37(52-35-21(38(58)60)3-6-28(51-35)63-8-7-17-14-39(46,47)15-17)25(11-18-9-19(42)12-20(43)10-18)50-27(59)16-57-33-29(31(53-57)34(44)45)22-13-23(22)40(33,48)49/h3-6,9-10,12,17,22-23,25,34H,7-8,11,13-16H2,1-2H3,(H,50,59)(H,54,55)/t22-,23+,25-/m0/s1. The van der Waals surface area contributed by atoms with Crippen molar-refractivity contribution in [2.24, 2.45) is 18.9 Å². The van der Waals surface area contributed by atoms with Crippen molar-refractivity contribution < 1.29 is 53.1 Å². The molecule has 14 nitrogen and oxygen atoms in total. The molecule has 3 aliphatic rings. The highest BCUT2D eigenvalue weighted by Crippen LogP contribution is 2.68. The van der Waals surface area contributed by atoms with Gasteiger partial charge in [-0.3, -0.25) is 28.2 Å². The van der Waals surface area contributed by atoms with E-state index in [2.05, 4.69) is 30.2 Å². The summed E-state index contributed by atoms with van der Waals surface area (Å²) >= 11 is 6.59. The van der Waals surface area contributed by atoms with E-state index in [-0.39, 0.29) is 99.5 Å². The Labute approximate surface area is 361 Å². The largest absolute Gasteiger partial charge is 0.478 e. The molecule has 24 heteroatoms. The summed E-state index contributed by atoms with van der Waals surface area (Å²) < 4.78 is 151. The molecule has 2 aromatic carbocycles. The third-order valence-corrected chi connectivity index (χ3v) is 12.5. The van der Waals surface area contributed by atoms with Gasteiger partial charge in [-0.05, 0) is 60.6 Å². The van der Waals surface area contributed by atoms with Gasteiger partial charge in [-0.2, -0.15) is 24.0 Å². The number of hydrogen-bond acceptors (Lipinski definition) is 9. The van der Waals surface area contributed by atoms with Crippen molar-refractivity contribution in [2.45, 2.75) is 68.9 Å². The molecule has 2 fully saturated rings. The second-order valence-corrected chi connectivity index (χ2v) is 18.5. The van der Waals surface area contributed by atoms with Gasteiger partial charge < -0.3 is 10.1 Å². The Kier molecular flexibility index (Phi) is 10.5. The highest BCUT2D eigenvalue weighted by Gasteiger charge is 2.67. The average molecular weight is 940 g/mol. The Morgan fingerprint density at radius 2 is 1.75 bits per heavy atom. The topological polar surface area (TPSA) is 168 Å². The lowest BCUT2D eigenvalue weighted by molar-refractivity contribution is -0.123. The summed E-state index contributed by atoms with van der Waals surface area (Å²) in [5, 5.41) is 10.4. The van der Waals surface area contributed by atoms with Gasteiger partial charge in [0.25, 0.3) is 17.9 Å². The van der Waals surface area contributed by atoms with Gasteiger partial charge in [-0.25, -0.2) is 39.7 Å². The number of alkyl halides is 6. The molecule has 3 atom stereocenters. The molecule has 6 aromatic rings. The Bertz CT molecular complexity index is 3060. The number of ether oxygens (including phenoxy) is 1. The van der Waals surface area contributed by atoms with Crippen LogP contribution >= 0.6 is 11.6 Å². The zero-order chi connectivity index (χ0) is 45.8. The van der Waals surface area contributed by atoms with Gasteiger partial charge in [0.15, 0.2) is 11.5 Å². The van der Waals surface area contributed by atoms with Crippen molar-refractivity contribution in [1.82, 2.24) is 39.4 Å². The summed E-state index contributed by atoms with van der Waals surface area (Å²) in [5.74, 6) is -12.6. The average Bonchev–Trinajstić information content (AvgIpc) is 3.72. The number of nitrogens with one attached hydrogen (secondary N) is 2. The van der Waals surface area contributed by atoms with Crippen LogP contribution in [0.25, 0.3) is 27.6 Å². The number of hydrogen-bond donors (Lipinski definition) is 2. The van der Waals surface area contributed by atoms with Crippen LogP contribution < -0.4 is 20.3 Å². The first-order valence-corrected chi connectivity index (χ1v) is 21.9. The number of anilines is 1. The number of aromatic nitrogens is 7. The smallest absolute Gasteiger partial charge is 0.293 e. The molecule has 338 valence electrons. The van der Waals surface area contributed by atoms with Crippen LogP contribution in [-0.4, -0.2) is 67.2 Å². The van der Waals surface area contributed by atoms with Crippen LogP contribution in [0.15, 0.2) is 47.3 Å². The van der Waals surface area contributed by atoms with E-state index in [9.17, 15) is 44.3 Å². The second-order valence-electron chi connectivity index (χ2n) is 16.3. The van der Waals surface area contributed by atoms with Gasteiger partial charge in [-0.15, -0.1) is 0 Å². The first-order valence-electron chi connectivity index (χ1n) is 19.7. The van der Waals surface area contributed by atoms with Crippen molar-refractivity contribution in [3.8, 4) is 11.6 Å². The molecule has 1 amide bonds. The SMILES string of the molecule is Cn1nc(NS(C)(=O)=O)c2c(Cl)ccc(-n3c([C@H](Cc4cc(F)cc(F)c4)NC(=O)Cn4nc(C(F)F)c5c4C(F)(F)[C@@H]4C[C@H]54)nc4nc(OCCC5CC(F)(F)C5)ccc4c3=O)c21. The number of nitrogens with zero attached hydrogens (tertiary/aromatic N) is 7. The number of halogens is 9. The second kappa shape index (κ2) is 15.4. The summed E-state index contributed by atoms with van der Waals surface area (Å²) in [6.45, 7) is -1.06. The molecule has 2 N–H and O–H groups in total. The van der Waals surface area contributed by atoms with Gasteiger partial charge in [-0.1, -0.05) is 11.6 Å². The molecule has 0 spiro atoms. The number of benzene rings is 2. The number of carbonyl (C=O) groups is 1. The molecule has 64 heavy (non-hydrogen) atoms. The molecule has 0 radical (unpaired) electrons. The number of carbonyl (C=O) groups excluding carboxylic acids is 1. The summed E-state index contributed by atoms with van der Waals surface area (Å²) in [6, 6.07) is 6.17. The minimum absolute atomic E-state index is 0.0140. The van der Waals surface area contributed by atoms with Crippen LogP contribution in [0.3, 0.4) is 0 Å². The van der Waals surface area contributed by atoms with Crippen LogP contribution in [0.1, 0.15) is 72.4 Å². The molecule has 0 unspecified atom stereocenters. The van der Waals surface area contributed by atoms with E-state index >= 15 is 8.78 Å². The normalized spacial score (nSPS) is 19.1. The predicted molar refractivity (Wildman–Crippen MR) is 214 cm³/mol. The zero-order valence-corrected chi connectivity index (χ0v) is 34.9. The maximum atomic E-state index is 15.5. The molecule has 4 aromatic heterocycles. The van der Waals surface area contributed by atoms with Crippen molar-refractivity contribution in [3.63, 3.8) is 0 Å². The van der Waals surface area contributed by atoms with Crippen molar-refractivity contribution in [1.29, 1.82) is 0 Å². The van der Waals surface area contributed by atoms with E-state index in [0.29, 0.717) is 10.7 Å². The number of rotatable bonds is 14. The lowest BCUT2D eigenvalue weighted by atomic mass is 9.79. The number of aryl methyl sites for hydroxylation is 1. The summed E-state index contributed by atoms with van der Waals surface area (Å²) in [6.07, 6.45) is -3.26. The lowest BCUT2D eigenvalue weighted by Crippen LogP contribution is -2.38. The molecule has 0 saturated heterocycles. The summed E-state index contributed by atoms with van der Waals surface area (Å²) in [5.41, 5.74) is -3.29. The monoisotopic (exact) mass is 939 g/mol. The van der Waals surface area contributed by atoms with Gasteiger partial charge >= 0.3 is 0 Å². The van der Waals surface area contributed by atoms with Crippen LogP contribution in [0.2, 0.25) is 5.02 Å². The maximum Gasteiger partial charge on any atom is 0.293 e. The predicted octanol–water partition coefficient (Wildman–Crippen LogP) is 7.23. The minimum Gasteiger partial charge on any atom is -0.478 e. The first-order chi connectivity index (χ1) is 30.1. The van der Waals surface area contributed by atoms with Gasteiger partial charge in [0, 0.05) is 49.9 Å². The molecule has 4 heterocycles. The fraction of sp³-hybridized carbons (Fsp3) is 0.400. The molecular weight excluding hydrogens is 906 g/mol. The van der Waals surface area contributed by atoms with Gasteiger partial charge in [0.1, 0.15) is 35.4 Å². The Balaban J connectivity index is 1.19. The highest BCUT2D eigenvalue weighted by molar-refractivity contribution is 7.92. The first kappa shape index (κ1) is 43.4. The molecule has 9 rings (SSSR count). The Morgan fingerprint density at radius 1 is 1.03 bits per heavy atom. The van der Waals surface area contributed by atoms with E-state index in [1.807, 2.05) is 0 Å². The van der Waals surface area contributed by atoms with Crippen molar-refractivity contribution in [2.75, 3.05) is 17.6 Å². The highest BCUT2D eigenvalue weighted by atomic mass is 35.5.